The molecule has 2 N–H and O–H groups in total. The van der Waals surface area contributed by atoms with Crippen LogP contribution in [-0.4, -0.2) is 53.0 Å². The third-order valence-corrected chi connectivity index (χ3v) is 5.79. The topological polar surface area (TPSA) is 67.4 Å². The average molecular weight is 441 g/mol. The fourth-order valence-electron chi connectivity index (χ4n) is 3.91. The van der Waals surface area contributed by atoms with E-state index >= 15 is 0 Å². The van der Waals surface area contributed by atoms with Gasteiger partial charge >= 0.3 is 0 Å². The van der Waals surface area contributed by atoms with Gasteiger partial charge in [0, 0.05) is 63.2 Å². The summed E-state index contributed by atoms with van der Waals surface area (Å²) in [4.78, 5) is 6.81. The van der Waals surface area contributed by atoms with Crippen LogP contribution in [0.1, 0.15) is 30.9 Å². The van der Waals surface area contributed by atoms with Gasteiger partial charge in [-0.25, -0.2) is 0 Å². The second-order valence-corrected chi connectivity index (χ2v) is 7.81. The van der Waals surface area contributed by atoms with Crippen LogP contribution >= 0.6 is 0 Å². The molecule has 7 heteroatoms. The molecule has 3 rings (SSSR count). The van der Waals surface area contributed by atoms with Crippen molar-refractivity contribution in [2.45, 2.75) is 39.0 Å². The molecule has 0 amide bonds. The minimum Gasteiger partial charge on any atom is -0.497 e. The molecule has 2 aromatic carbocycles. The Morgan fingerprint density at radius 1 is 1.03 bits per heavy atom. The number of hydrogen-bond acceptors (Lipinski definition) is 5. The first kappa shape index (κ1) is 23.7. The minimum absolute atomic E-state index is 0.378. The molecule has 0 spiro atoms. The second-order valence-electron chi connectivity index (χ2n) is 7.81. The van der Waals surface area contributed by atoms with Crippen molar-refractivity contribution in [2.24, 2.45) is 4.99 Å². The fraction of sp³-hybridized carbons (Fsp3) is 0.480. The molecule has 0 aliphatic carbocycles. The average Bonchev–Trinajstić information content (AvgIpc) is 2.85. The Kier molecular flexibility index (Phi) is 9.04. The summed E-state index contributed by atoms with van der Waals surface area (Å²) in [7, 11) is 5.18. The zero-order valence-electron chi connectivity index (χ0n) is 19.7. The lowest BCUT2D eigenvalue weighted by atomic mass is 10.0. The number of anilines is 1. The van der Waals surface area contributed by atoms with Gasteiger partial charge in [-0.15, -0.1) is 0 Å². The van der Waals surface area contributed by atoms with Gasteiger partial charge in [0.05, 0.1) is 20.8 Å². The molecule has 2 aromatic rings. The molecular formula is C25H36N4O3. The van der Waals surface area contributed by atoms with Crippen LogP contribution in [0.2, 0.25) is 0 Å². The molecule has 174 valence electrons. The minimum atomic E-state index is 0.378. The van der Waals surface area contributed by atoms with Crippen molar-refractivity contribution in [1.82, 2.24) is 10.6 Å². The van der Waals surface area contributed by atoms with Crippen LogP contribution in [0.5, 0.6) is 11.5 Å². The number of benzene rings is 2. The molecule has 0 atom stereocenters. The van der Waals surface area contributed by atoms with Crippen LogP contribution in [0.4, 0.5) is 5.69 Å². The van der Waals surface area contributed by atoms with E-state index in [1.165, 1.54) is 11.1 Å². The van der Waals surface area contributed by atoms with Gasteiger partial charge in [0.25, 0.3) is 0 Å². The zero-order chi connectivity index (χ0) is 22.8. The van der Waals surface area contributed by atoms with Gasteiger partial charge in [-0.2, -0.15) is 0 Å². The van der Waals surface area contributed by atoms with Crippen LogP contribution in [-0.2, 0) is 17.9 Å². The predicted molar refractivity (Wildman–Crippen MR) is 130 cm³/mol. The van der Waals surface area contributed by atoms with Gasteiger partial charge in [0.2, 0.25) is 0 Å². The highest BCUT2D eigenvalue weighted by atomic mass is 16.5. The molecule has 1 aliphatic heterocycles. The number of piperidine rings is 1. The monoisotopic (exact) mass is 440 g/mol. The number of ether oxygens (including phenoxy) is 3. The smallest absolute Gasteiger partial charge is 0.191 e. The molecular weight excluding hydrogens is 404 g/mol. The van der Waals surface area contributed by atoms with Gasteiger partial charge in [0.15, 0.2) is 5.96 Å². The Morgan fingerprint density at radius 3 is 2.28 bits per heavy atom. The number of rotatable bonds is 9. The number of nitrogens with one attached hydrogen (secondary N) is 2. The van der Waals surface area contributed by atoms with Gasteiger partial charge in [-0.1, -0.05) is 24.3 Å². The van der Waals surface area contributed by atoms with Crippen molar-refractivity contribution < 1.29 is 14.2 Å². The summed E-state index contributed by atoms with van der Waals surface area (Å²) >= 11 is 0. The lowest BCUT2D eigenvalue weighted by Gasteiger charge is -2.34. The summed E-state index contributed by atoms with van der Waals surface area (Å²) in [5, 5.41) is 7.05. The number of methoxy groups -OCH3 is 2. The van der Waals surface area contributed by atoms with Crippen molar-refractivity contribution in [1.29, 1.82) is 0 Å². The van der Waals surface area contributed by atoms with E-state index < -0.39 is 0 Å². The van der Waals surface area contributed by atoms with E-state index in [1.807, 2.05) is 20.0 Å². The molecule has 1 fully saturated rings. The van der Waals surface area contributed by atoms with Crippen molar-refractivity contribution in [2.75, 3.05) is 45.9 Å². The molecule has 1 aliphatic rings. The van der Waals surface area contributed by atoms with E-state index in [9.17, 15) is 0 Å². The number of nitrogens with zero attached hydrogens (tertiary/aromatic N) is 2. The molecule has 0 saturated carbocycles. The van der Waals surface area contributed by atoms with Crippen LogP contribution in [0.25, 0.3) is 0 Å². The van der Waals surface area contributed by atoms with E-state index in [0.717, 1.165) is 49.1 Å². The van der Waals surface area contributed by atoms with Crippen LogP contribution < -0.4 is 25.0 Å². The Hall–Kier alpha value is -2.93. The highest BCUT2D eigenvalue weighted by molar-refractivity contribution is 5.80. The maximum absolute atomic E-state index is 5.60. The highest BCUT2D eigenvalue weighted by Gasteiger charge is 2.21. The summed E-state index contributed by atoms with van der Waals surface area (Å²) in [6, 6.07) is 14.8. The van der Waals surface area contributed by atoms with Crippen LogP contribution in [0.15, 0.2) is 47.5 Å². The van der Waals surface area contributed by atoms with Gasteiger partial charge in [0.1, 0.15) is 11.5 Å². The molecule has 0 unspecified atom stereocenters. The SMILES string of the molecule is CCOCc1ccccc1CNC(=NC)NC1CCN(c2cc(OC)cc(OC)c2)CC1. The maximum Gasteiger partial charge on any atom is 0.191 e. The van der Waals surface area contributed by atoms with E-state index in [2.05, 4.69) is 56.9 Å². The van der Waals surface area contributed by atoms with Crippen molar-refractivity contribution in [3.63, 3.8) is 0 Å². The second kappa shape index (κ2) is 12.2. The first-order chi connectivity index (χ1) is 15.7. The molecule has 32 heavy (non-hydrogen) atoms. The van der Waals surface area contributed by atoms with Crippen LogP contribution in [0, 0.1) is 0 Å². The third-order valence-electron chi connectivity index (χ3n) is 5.79. The number of aliphatic imine (C=N–C) groups is 1. The molecule has 1 saturated heterocycles. The Bertz CT molecular complexity index is 857. The van der Waals surface area contributed by atoms with Crippen molar-refractivity contribution in [3.05, 3.63) is 53.6 Å². The Morgan fingerprint density at radius 2 is 1.69 bits per heavy atom. The van der Waals surface area contributed by atoms with Gasteiger partial charge < -0.3 is 29.7 Å². The van der Waals surface area contributed by atoms with Crippen LogP contribution in [0.3, 0.4) is 0 Å². The van der Waals surface area contributed by atoms with E-state index in [-0.39, 0.29) is 0 Å². The van der Waals surface area contributed by atoms with Crippen molar-refractivity contribution in [3.8, 4) is 11.5 Å². The molecule has 0 bridgehead atoms. The standard InChI is InChI=1S/C25H36N4O3/c1-5-32-18-20-9-7-6-8-19(20)17-27-25(26-2)28-21-10-12-29(13-11-21)22-14-23(30-3)16-24(15-22)31-4/h6-9,14-16,21H,5,10-13,17-18H2,1-4H3,(H2,26,27,28). The van der Waals surface area contributed by atoms with Gasteiger partial charge in [-0.05, 0) is 30.9 Å². The Balaban J connectivity index is 1.52. The molecule has 0 aromatic heterocycles. The summed E-state index contributed by atoms with van der Waals surface area (Å²) < 4.78 is 16.4. The molecule has 7 nitrogen and oxygen atoms in total. The highest BCUT2D eigenvalue weighted by Crippen LogP contribution is 2.30. The van der Waals surface area contributed by atoms with Gasteiger partial charge in [-0.3, -0.25) is 4.99 Å². The summed E-state index contributed by atoms with van der Waals surface area (Å²) in [6.45, 7) is 6.00. The molecule has 0 radical (unpaired) electrons. The lowest BCUT2D eigenvalue weighted by molar-refractivity contribution is 0.133. The first-order valence-corrected chi connectivity index (χ1v) is 11.3. The quantitative estimate of drug-likeness (QED) is 0.459. The van der Waals surface area contributed by atoms with E-state index in [1.54, 1.807) is 14.2 Å². The number of guanidine groups is 1. The summed E-state index contributed by atoms with van der Waals surface area (Å²) in [5.74, 6) is 2.46. The summed E-state index contributed by atoms with van der Waals surface area (Å²) in [6.07, 6.45) is 2.06. The maximum atomic E-state index is 5.60. The Labute approximate surface area is 191 Å². The molecule has 1 heterocycles. The van der Waals surface area contributed by atoms with E-state index in [0.29, 0.717) is 25.8 Å². The fourth-order valence-corrected chi connectivity index (χ4v) is 3.91. The lowest BCUT2D eigenvalue weighted by Crippen LogP contribution is -2.48. The third kappa shape index (κ3) is 6.53. The van der Waals surface area contributed by atoms with Crippen molar-refractivity contribution >= 4 is 11.6 Å². The summed E-state index contributed by atoms with van der Waals surface area (Å²) in [5.41, 5.74) is 3.57. The van der Waals surface area contributed by atoms with E-state index in [4.69, 9.17) is 14.2 Å². The first-order valence-electron chi connectivity index (χ1n) is 11.3. The normalized spacial score (nSPS) is 14.9. The zero-order valence-corrected chi connectivity index (χ0v) is 19.7. The predicted octanol–water partition coefficient (Wildman–Crippen LogP) is 3.57. The largest absolute Gasteiger partial charge is 0.497 e. The number of hydrogen-bond donors (Lipinski definition) is 2.